The molecule has 0 spiro atoms. The van der Waals surface area contributed by atoms with E-state index in [2.05, 4.69) is 52.9 Å². The molecule has 0 aromatic heterocycles. The van der Waals surface area contributed by atoms with E-state index < -0.39 is 0 Å². The summed E-state index contributed by atoms with van der Waals surface area (Å²) >= 11 is 0. The SMILES string of the molecule is CC1CCN(C(=O)/C(C#N)=C\NC(C)(C)CC(C)(C)C)CC1. The van der Waals surface area contributed by atoms with Gasteiger partial charge in [-0.15, -0.1) is 0 Å². The molecule has 0 bridgehead atoms. The van der Waals surface area contributed by atoms with Gasteiger partial charge in [-0.1, -0.05) is 27.7 Å². The van der Waals surface area contributed by atoms with E-state index in [1.54, 1.807) is 11.1 Å². The summed E-state index contributed by atoms with van der Waals surface area (Å²) in [4.78, 5) is 14.2. The van der Waals surface area contributed by atoms with Crippen LogP contribution >= 0.6 is 0 Å². The molecule has 0 radical (unpaired) electrons. The first-order valence-electron chi connectivity index (χ1n) is 8.21. The Morgan fingerprint density at radius 2 is 1.82 bits per heavy atom. The van der Waals surface area contributed by atoms with Gasteiger partial charge in [-0.3, -0.25) is 4.79 Å². The van der Waals surface area contributed by atoms with Crippen LogP contribution in [0.5, 0.6) is 0 Å². The predicted molar refractivity (Wildman–Crippen MR) is 90.0 cm³/mol. The van der Waals surface area contributed by atoms with Crippen LogP contribution in [0.15, 0.2) is 11.8 Å². The van der Waals surface area contributed by atoms with Gasteiger partial charge < -0.3 is 10.2 Å². The quantitative estimate of drug-likeness (QED) is 0.639. The minimum absolute atomic E-state index is 0.145. The van der Waals surface area contributed by atoms with Crippen molar-refractivity contribution in [3.8, 4) is 6.07 Å². The minimum Gasteiger partial charge on any atom is -0.385 e. The summed E-state index contributed by atoms with van der Waals surface area (Å²) in [6.45, 7) is 14.5. The van der Waals surface area contributed by atoms with Gasteiger partial charge in [-0.25, -0.2) is 0 Å². The average Bonchev–Trinajstić information content (AvgIpc) is 2.37. The smallest absolute Gasteiger partial charge is 0.265 e. The molecule has 0 aromatic rings. The molecule has 1 amide bonds. The third kappa shape index (κ3) is 6.09. The summed E-state index contributed by atoms with van der Waals surface area (Å²) in [6.07, 6.45) is 4.59. The molecule has 0 aromatic carbocycles. The lowest BCUT2D eigenvalue weighted by molar-refractivity contribution is -0.128. The number of carbonyl (C=O) groups excluding carboxylic acids is 1. The number of piperidine rings is 1. The summed E-state index contributed by atoms with van der Waals surface area (Å²) in [6, 6.07) is 2.05. The number of rotatable bonds is 4. The maximum absolute atomic E-state index is 12.4. The first-order valence-corrected chi connectivity index (χ1v) is 8.21. The van der Waals surface area contributed by atoms with Crippen LogP contribution in [0.25, 0.3) is 0 Å². The fourth-order valence-electron chi connectivity index (χ4n) is 3.17. The molecule has 1 aliphatic heterocycles. The Hall–Kier alpha value is -1.50. The second-order valence-electron chi connectivity index (χ2n) is 8.41. The van der Waals surface area contributed by atoms with Crippen molar-refractivity contribution in [2.75, 3.05) is 13.1 Å². The Kier molecular flexibility index (Phi) is 6.05. The Labute approximate surface area is 135 Å². The first kappa shape index (κ1) is 18.5. The summed E-state index contributed by atoms with van der Waals surface area (Å²) in [5.41, 5.74) is 0.234. The van der Waals surface area contributed by atoms with Gasteiger partial charge in [0.05, 0.1) is 0 Å². The van der Waals surface area contributed by atoms with Crippen LogP contribution in [0.1, 0.15) is 60.8 Å². The average molecular weight is 305 g/mol. The third-order valence-corrected chi connectivity index (χ3v) is 4.00. The fourth-order valence-corrected chi connectivity index (χ4v) is 3.17. The molecule has 4 nitrogen and oxygen atoms in total. The Morgan fingerprint density at radius 1 is 1.27 bits per heavy atom. The van der Waals surface area contributed by atoms with Gasteiger partial charge >= 0.3 is 0 Å². The Morgan fingerprint density at radius 3 is 2.27 bits per heavy atom. The summed E-state index contributed by atoms with van der Waals surface area (Å²) in [5, 5.41) is 12.6. The highest BCUT2D eigenvalue weighted by Crippen LogP contribution is 2.27. The highest BCUT2D eigenvalue weighted by molar-refractivity contribution is 5.97. The predicted octanol–water partition coefficient (Wildman–Crippen LogP) is 3.46. The molecule has 0 aliphatic carbocycles. The van der Waals surface area contributed by atoms with Crippen molar-refractivity contribution in [1.29, 1.82) is 5.26 Å². The number of nitrogens with zero attached hydrogens (tertiary/aromatic N) is 2. The molecular weight excluding hydrogens is 274 g/mol. The van der Waals surface area contributed by atoms with E-state index in [0.29, 0.717) is 5.92 Å². The van der Waals surface area contributed by atoms with E-state index in [1.165, 1.54) is 0 Å². The summed E-state index contributed by atoms with van der Waals surface area (Å²) in [7, 11) is 0. The number of hydrogen-bond acceptors (Lipinski definition) is 3. The Bertz CT molecular complexity index is 458. The van der Waals surface area contributed by atoms with Crippen molar-refractivity contribution >= 4 is 5.91 Å². The zero-order valence-electron chi connectivity index (χ0n) is 15.0. The number of nitrogens with one attached hydrogen (secondary N) is 1. The van der Waals surface area contributed by atoms with Crippen molar-refractivity contribution in [2.45, 2.75) is 66.3 Å². The van der Waals surface area contributed by atoms with Crippen LogP contribution in [0, 0.1) is 22.7 Å². The van der Waals surface area contributed by atoms with E-state index in [4.69, 9.17) is 0 Å². The fraction of sp³-hybridized carbons (Fsp3) is 0.778. The number of nitriles is 1. The summed E-state index contributed by atoms with van der Waals surface area (Å²) in [5.74, 6) is 0.524. The van der Waals surface area contributed by atoms with Gasteiger partial charge in [-0.2, -0.15) is 5.26 Å². The van der Waals surface area contributed by atoms with Crippen molar-refractivity contribution in [3.05, 3.63) is 11.8 Å². The molecule has 1 N–H and O–H groups in total. The molecule has 1 fully saturated rings. The first-order chi connectivity index (χ1) is 10.0. The zero-order valence-corrected chi connectivity index (χ0v) is 15.0. The van der Waals surface area contributed by atoms with Gasteiger partial charge in [0.25, 0.3) is 5.91 Å². The second-order valence-corrected chi connectivity index (χ2v) is 8.41. The van der Waals surface area contributed by atoms with Gasteiger partial charge in [0, 0.05) is 24.8 Å². The van der Waals surface area contributed by atoms with Crippen LogP contribution < -0.4 is 5.32 Å². The lowest BCUT2D eigenvalue weighted by Crippen LogP contribution is -2.41. The lowest BCUT2D eigenvalue weighted by Gasteiger charge is -2.33. The second kappa shape index (κ2) is 7.17. The number of likely N-dealkylation sites (tertiary alicyclic amines) is 1. The van der Waals surface area contributed by atoms with Crippen LogP contribution in [0.3, 0.4) is 0 Å². The molecule has 1 aliphatic rings. The molecule has 1 rings (SSSR count). The van der Waals surface area contributed by atoms with Crippen molar-refractivity contribution in [3.63, 3.8) is 0 Å². The van der Waals surface area contributed by atoms with Crippen LogP contribution in [0.2, 0.25) is 0 Å². The van der Waals surface area contributed by atoms with Crippen molar-refractivity contribution < 1.29 is 4.79 Å². The van der Waals surface area contributed by atoms with Gasteiger partial charge in [-0.05, 0) is 44.4 Å². The molecule has 0 unspecified atom stereocenters. The highest BCUT2D eigenvalue weighted by Gasteiger charge is 2.26. The van der Waals surface area contributed by atoms with E-state index in [1.807, 2.05) is 0 Å². The molecule has 124 valence electrons. The van der Waals surface area contributed by atoms with Crippen molar-refractivity contribution in [1.82, 2.24) is 10.2 Å². The monoisotopic (exact) mass is 305 g/mol. The van der Waals surface area contributed by atoms with E-state index >= 15 is 0 Å². The van der Waals surface area contributed by atoms with Gasteiger partial charge in [0.1, 0.15) is 11.6 Å². The summed E-state index contributed by atoms with van der Waals surface area (Å²) < 4.78 is 0. The Balaban J connectivity index is 2.70. The van der Waals surface area contributed by atoms with E-state index in [0.717, 1.165) is 32.4 Å². The van der Waals surface area contributed by atoms with Crippen LogP contribution in [0.4, 0.5) is 0 Å². The minimum atomic E-state index is -0.156. The number of carbonyl (C=O) groups is 1. The van der Waals surface area contributed by atoms with Gasteiger partial charge in [0.2, 0.25) is 0 Å². The zero-order chi connectivity index (χ0) is 17.0. The molecule has 1 saturated heterocycles. The normalized spacial score (nSPS) is 18.0. The standard InChI is InChI=1S/C18H31N3O/c1-14-7-9-21(10-8-14)16(22)15(11-19)12-20-18(5,6)13-17(2,3)4/h12,14,20H,7-10,13H2,1-6H3/b15-12-. The molecule has 0 atom stereocenters. The highest BCUT2D eigenvalue weighted by atomic mass is 16.2. The third-order valence-electron chi connectivity index (χ3n) is 4.00. The maximum atomic E-state index is 12.4. The molecule has 0 saturated carbocycles. The maximum Gasteiger partial charge on any atom is 0.265 e. The van der Waals surface area contributed by atoms with E-state index in [-0.39, 0.29) is 22.4 Å². The topological polar surface area (TPSA) is 56.1 Å². The molecule has 4 heteroatoms. The van der Waals surface area contributed by atoms with Crippen LogP contribution in [-0.4, -0.2) is 29.4 Å². The largest absolute Gasteiger partial charge is 0.385 e. The van der Waals surface area contributed by atoms with Crippen molar-refractivity contribution in [2.24, 2.45) is 11.3 Å². The number of amides is 1. The molecular formula is C18H31N3O. The number of hydrogen-bond donors (Lipinski definition) is 1. The van der Waals surface area contributed by atoms with Gasteiger partial charge in [0.15, 0.2) is 0 Å². The molecule has 1 heterocycles. The van der Waals surface area contributed by atoms with E-state index in [9.17, 15) is 10.1 Å². The molecule has 22 heavy (non-hydrogen) atoms. The van der Waals surface area contributed by atoms with Crippen LogP contribution in [-0.2, 0) is 4.79 Å². The lowest BCUT2D eigenvalue weighted by atomic mass is 9.82.